The molecule has 0 fully saturated rings. The Hall–Kier alpha value is -0.0900. The number of unbranched alkanes of at least 4 members (excludes halogenated alkanes) is 8. The van der Waals surface area contributed by atoms with Crippen LogP contribution in [0.4, 0.5) is 0 Å². The van der Waals surface area contributed by atoms with Crippen molar-refractivity contribution in [3.8, 4) is 0 Å². The number of nitrogens with one attached hydrogen (secondary N) is 1. The molecule has 1 unspecified atom stereocenters. The molecule has 21 heavy (non-hydrogen) atoms. The molecule has 1 atom stereocenters. The summed E-state index contributed by atoms with van der Waals surface area (Å²) in [6.45, 7) is 2.26. The molecule has 128 valence electrons. The molecule has 0 saturated heterocycles. The van der Waals surface area contributed by atoms with Crippen LogP contribution in [0.3, 0.4) is 0 Å². The van der Waals surface area contributed by atoms with Gasteiger partial charge in [0, 0.05) is 18.1 Å². The Balaban J connectivity index is 3.42. The van der Waals surface area contributed by atoms with Gasteiger partial charge < -0.3 is 5.32 Å². The van der Waals surface area contributed by atoms with Gasteiger partial charge in [0.05, 0.1) is 0 Å². The Morgan fingerprint density at radius 3 is 1.76 bits per heavy atom. The normalized spacial score (nSPS) is 13.5. The van der Waals surface area contributed by atoms with Crippen LogP contribution in [0.25, 0.3) is 0 Å². The molecule has 0 radical (unpaired) electrons. The van der Waals surface area contributed by atoms with Crippen molar-refractivity contribution in [2.45, 2.75) is 90.0 Å². The van der Waals surface area contributed by atoms with Crippen molar-refractivity contribution < 1.29 is 8.42 Å². The fraction of sp³-hybridized carbons (Fsp3) is 1.00. The van der Waals surface area contributed by atoms with Crippen LogP contribution in [-0.4, -0.2) is 33.5 Å². The maximum absolute atomic E-state index is 11.1. The topological polar surface area (TPSA) is 46.2 Å². The highest BCUT2D eigenvalue weighted by Crippen LogP contribution is 2.13. The Kier molecular flexibility index (Phi) is 13.5. The zero-order chi connectivity index (χ0) is 16.0. The molecule has 0 aromatic carbocycles. The second-order valence-corrected chi connectivity index (χ2v) is 8.63. The molecule has 0 aliphatic heterocycles. The van der Waals surface area contributed by atoms with Gasteiger partial charge in [-0.15, -0.1) is 0 Å². The first kappa shape index (κ1) is 20.9. The lowest BCUT2D eigenvalue weighted by Gasteiger charge is -2.15. The second-order valence-electron chi connectivity index (χ2n) is 6.37. The number of hydrogen-bond acceptors (Lipinski definition) is 3. The predicted molar refractivity (Wildman–Crippen MR) is 93.6 cm³/mol. The number of sulfone groups is 1. The van der Waals surface area contributed by atoms with E-state index in [0.29, 0.717) is 11.8 Å². The maximum atomic E-state index is 11.1. The van der Waals surface area contributed by atoms with Gasteiger partial charge in [-0.25, -0.2) is 8.42 Å². The molecule has 0 aliphatic rings. The molecule has 0 amide bonds. The van der Waals surface area contributed by atoms with Crippen LogP contribution < -0.4 is 5.32 Å². The van der Waals surface area contributed by atoms with Crippen LogP contribution in [0.5, 0.6) is 0 Å². The third-order valence-electron chi connectivity index (χ3n) is 4.13. The third kappa shape index (κ3) is 16.1. The molecule has 4 heteroatoms. The summed E-state index contributed by atoms with van der Waals surface area (Å²) in [5.41, 5.74) is 0. The first-order valence-corrected chi connectivity index (χ1v) is 10.9. The van der Waals surface area contributed by atoms with E-state index < -0.39 is 9.84 Å². The minimum Gasteiger partial charge on any atom is -0.317 e. The molecule has 0 aromatic heterocycles. The first-order chi connectivity index (χ1) is 9.99. The number of hydrogen-bond donors (Lipinski definition) is 1. The third-order valence-corrected chi connectivity index (χ3v) is 5.16. The number of rotatable bonds is 15. The average Bonchev–Trinajstić information content (AvgIpc) is 2.42. The molecule has 3 nitrogen and oxygen atoms in total. The Morgan fingerprint density at radius 2 is 1.29 bits per heavy atom. The predicted octanol–water partition coefficient (Wildman–Crippen LogP) is 4.32. The first-order valence-electron chi connectivity index (χ1n) is 8.84. The van der Waals surface area contributed by atoms with E-state index in [1.807, 2.05) is 7.05 Å². The zero-order valence-corrected chi connectivity index (χ0v) is 15.3. The van der Waals surface area contributed by atoms with Crippen LogP contribution in [0.15, 0.2) is 0 Å². The maximum Gasteiger partial charge on any atom is 0.147 e. The van der Waals surface area contributed by atoms with Crippen molar-refractivity contribution in [2.75, 3.05) is 19.1 Å². The molecule has 0 bridgehead atoms. The molecular formula is C17H37NO2S. The molecule has 0 heterocycles. The van der Waals surface area contributed by atoms with E-state index in [-0.39, 0.29) is 0 Å². The van der Waals surface area contributed by atoms with Crippen LogP contribution in [0.2, 0.25) is 0 Å². The van der Waals surface area contributed by atoms with Crippen molar-refractivity contribution in [1.82, 2.24) is 5.32 Å². The minimum absolute atomic E-state index is 0.322. The van der Waals surface area contributed by atoms with E-state index in [1.165, 1.54) is 70.5 Å². The van der Waals surface area contributed by atoms with E-state index >= 15 is 0 Å². The van der Waals surface area contributed by atoms with Gasteiger partial charge in [-0.05, 0) is 26.3 Å². The monoisotopic (exact) mass is 319 g/mol. The van der Waals surface area contributed by atoms with E-state index in [9.17, 15) is 8.42 Å². The average molecular weight is 320 g/mol. The van der Waals surface area contributed by atoms with Crippen molar-refractivity contribution in [3.05, 3.63) is 0 Å². The summed E-state index contributed by atoms with van der Waals surface area (Å²) in [5.74, 6) is 0.322. The zero-order valence-electron chi connectivity index (χ0n) is 14.5. The second kappa shape index (κ2) is 13.6. The standard InChI is InChI=1S/C17H37NO2S/c1-4-5-6-7-8-9-10-11-12-14-17(18-2)15-13-16-21(3,19)20/h17-18H,4-16H2,1-3H3. The van der Waals surface area contributed by atoms with Crippen LogP contribution in [0, 0.1) is 0 Å². The van der Waals surface area contributed by atoms with Gasteiger partial charge in [-0.3, -0.25) is 0 Å². The molecule has 0 spiro atoms. The summed E-state index contributed by atoms with van der Waals surface area (Å²) in [6.07, 6.45) is 16.5. The van der Waals surface area contributed by atoms with Crippen molar-refractivity contribution in [3.63, 3.8) is 0 Å². The van der Waals surface area contributed by atoms with E-state index in [1.54, 1.807) is 0 Å². The molecular weight excluding hydrogens is 282 g/mol. The van der Waals surface area contributed by atoms with Gasteiger partial charge in [-0.1, -0.05) is 64.7 Å². The van der Waals surface area contributed by atoms with Crippen LogP contribution in [0.1, 0.15) is 84.0 Å². The van der Waals surface area contributed by atoms with Crippen molar-refractivity contribution in [1.29, 1.82) is 0 Å². The lowest BCUT2D eigenvalue weighted by molar-refractivity contribution is 0.452. The highest BCUT2D eigenvalue weighted by molar-refractivity contribution is 7.90. The Labute approximate surface area is 133 Å². The minimum atomic E-state index is -2.80. The van der Waals surface area contributed by atoms with Gasteiger partial charge >= 0.3 is 0 Å². The molecule has 0 rings (SSSR count). The van der Waals surface area contributed by atoms with Gasteiger partial charge in [0.2, 0.25) is 0 Å². The van der Waals surface area contributed by atoms with Gasteiger partial charge in [-0.2, -0.15) is 0 Å². The van der Waals surface area contributed by atoms with Crippen molar-refractivity contribution >= 4 is 9.84 Å². The summed E-state index contributed by atoms with van der Waals surface area (Å²) < 4.78 is 22.2. The summed E-state index contributed by atoms with van der Waals surface area (Å²) in [6, 6.07) is 0.483. The summed E-state index contributed by atoms with van der Waals surface area (Å²) in [4.78, 5) is 0. The van der Waals surface area contributed by atoms with E-state index in [0.717, 1.165) is 12.8 Å². The van der Waals surface area contributed by atoms with Gasteiger partial charge in [0.25, 0.3) is 0 Å². The Bertz CT molecular complexity index is 315. The quantitative estimate of drug-likeness (QED) is 0.457. The molecule has 0 aromatic rings. The molecule has 0 aliphatic carbocycles. The summed E-state index contributed by atoms with van der Waals surface area (Å²) >= 11 is 0. The largest absolute Gasteiger partial charge is 0.317 e. The molecule has 1 N–H and O–H groups in total. The fourth-order valence-electron chi connectivity index (χ4n) is 2.73. The lowest BCUT2D eigenvalue weighted by atomic mass is 10.0. The summed E-state index contributed by atoms with van der Waals surface area (Å²) in [7, 11) is -0.813. The SMILES string of the molecule is CCCCCCCCCCCC(CCCS(C)(=O)=O)NC. The smallest absolute Gasteiger partial charge is 0.147 e. The van der Waals surface area contributed by atoms with Gasteiger partial charge in [0.15, 0.2) is 0 Å². The fourth-order valence-corrected chi connectivity index (χ4v) is 3.42. The van der Waals surface area contributed by atoms with Crippen molar-refractivity contribution in [2.24, 2.45) is 0 Å². The lowest BCUT2D eigenvalue weighted by Crippen LogP contribution is -2.25. The highest BCUT2D eigenvalue weighted by Gasteiger charge is 2.08. The Morgan fingerprint density at radius 1 is 0.810 bits per heavy atom. The van der Waals surface area contributed by atoms with Crippen LogP contribution >= 0.6 is 0 Å². The van der Waals surface area contributed by atoms with E-state index in [2.05, 4.69) is 12.2 Å². The van der Waals surface area contributed by atoms with E-state index in [4.69, 9.17) is 0 Å². The molecule has 0 saturated carbocycles. The van der Waals surface area contributed by atoms with Crippen LogP contribution in [-0.2, 0) is 9.84 Å². The van der Waals surface area contributed by atoms with Gasteiger partial charge in [0.1, 0.15) is 9.84 Å². The summed E-state index contributed by atoms with van der Waals surface area (Å²) in [5, 5.41) is 3.32. The highest BCUT2D eigenvalue weighted by atomic mass is 32.2.